The van der Waals surface area contributed by atoms with Gasteiger partial charge in [-0.1, -0.05) is 0 Å². The molecule has 7 heteroatoms. The summed E-state index contributed by atoms with van der Waals surface area (Å²) in [4.78, 5) is 37.5. The molecule has 0 saturated heterocycles. The summed E-state index contributed by atoms with van der Waals surface area (Å²) in [6.45, 7) is 1.60. The summed E-state index contributed by atoms with van der Waals surface area (Å²) in [7, 11) is 0. The highest BCUT2D eigenvalue weighted by molar-refractivity contribution is 5.80. The largest absolute Gasteiger partial charge is 0.418 e. The molecule has 0 spiro atoms. The number of hydrogen-bond donors (Lipinski definition) is 1. The molecule has 0 radical (unpaired) electrons. The van der Waals surface area contributed by atoms with Gasteiger partial charge in [0.1, 0.15) is 0 Å². The van der Waals surface area contributed by atoms with Crippen molar-refractivity contribution < 1.29 is 14.5 Å². The lowest BCUT2D eigenvalue weighted by Crippen LogP contribution is -2.51. The zero-order valence-corrected chi connectivity index (χ0v) is 13.5. The summed E-state index contributed by atoms with van der Waals surface area (Å²) < 4.78 is 5.45. The second kappa shape index (κ2) is 5.16. The van der Waals surface area contributed by atoms with Crippen LogP contribution < -0.4 is 10.3 Å². The van der Waals surface area contributed by atoms with Gasteiger partial charge < -0.3 is 9.72 Å². The van der Waals surface area contributed by atoms with E-state index in [2.05, 4.69) is 4.98 Å². The lowest BCUT2D eigenvalue weighted by molar-refractivity contribution is -0.387. The maximum absolute atomic E-state index is 12.9. The molecular weight excluding hydrogens is 312 g/mol. The van der Waals surface area contributed by atoms with Crippen LogP contribution >= 0.6 is 0 Å². The molecule has 4 bridgehead atoms. The number of carbonyl (C=O) groups is 1. The van der Waals surface area contributed by atoms with Crippen molar-refractivity contribution in [2.75, 3.05) is 0 Å². The Hall–Kier alpha value is -2.18. The Kier molecular flexibility index (Phi) is 3.30. The Morgan fingerprint density at radius 3 is 2.29 bits per heavy atom. The molecule has 24 heavy (non-hydrogen) atoms. The minimum absolute atomic E-state index is 0.234. The number of esters is 1. The number of hydrogen-bond acceptors (Lipinski definition) is 5. The van der Waals surface area contributed by atoms with Crippen LogP contribution in [0.5, 0.6) is 5.75 Å². The molecule has 1 aromatic rings. The highest BCUT2D eigenvalue weighted by atomic mass is 16.6. The third-order valence-electron chi connectivity index (χ3n) is 5.96. The van der Waals surface area contributed by atoms with Crippen molar-refractivity contribution in [2.45, 2.75) is 45.4 Å². The molecule has 128 valence electrons. The number of aromatic amines is 1. The Morgan fingerprint density at radius 2 is 1.79 bits per heavy atom. The first-order valence-electron chi connectivity index (χ1n) is 8.47. The number of carbonyl (C=O) groups excluding carboxylic acids is 1. The van der Waals surface area contributed by atoms with Crippen molar-refractivity contribution in [3.05, 3.63) is 32.2 Å². The van der Waals surface area contributed by atoms with Crippen LogP contribution in [0.4, 0.5) is 5.69 Å². The number of ether oxygens (including phenoxy) is 1. The molecule has 4 saturated carbocycles. The normalized spacial score (nSPS) is 33.5. The van der Waals surface area contributed by atoms with E-state index >= 15 is 0 Å². The van der Waals surface area contributed by atoms with E-state index in [1.807, 2.05) is 0 Å². The standard InChI is InChI=1S/C17H20N2O5/c1-9-2-13(14(19(22)23)15(20)18-9)24-16(21)17-6-10-3-11(7-17)5-12(4-10)8-17/h2,10-12H,3-8H2,1H3,(H,18,20). The lowest BCUT2D eigenvalue weighted by Gasteiger charge is -2.55. The molecule has 4 aliphatic rings. The van der Waals surface area contributed by atoms with Gasteiger partial charge in [-0.15, -0.1) is 0 Å². The molecule has 1 N–H and O–H groups in total. The van der Waals surface area contributed by atoms with Crippen LogP contribution in [0.15, 0.2) is 10.9 Å². The van der Waals surface area contributed by atoms with Crippen LogP contribution in [0.2, 0.25) is 0 Å². The van der Waals surface area contributed by atoms with Gasteiger partial charge in [0, 0.05) is 11.8 Å². The Bertz CT molecular complexity index is 746. The van der Waals surface area contributed by atoms with Gasteiger partial charge in [-0.3, -0.25) is 19.7 Å². The van der Waals surface area contributed by atoms with Crippen molar-refractivity contribution in [1.82, 2.24) is 4.98 Å². The second-order valence-corrected chi connectivity index (χ2v) is 7.84. The lowest BCUT2D eigenvalue weighted by atomic mass is 9.49. The van der Waals surface area contributed by atoms with Gasteiger partial charge >= 0.3 is 17.2 Å². The number of nitrogens with zero attached hydrogens (tertiary/aromatic N) is 1. The van der Waals surface area contributed by atoms with Gasteiger partial charge in [-0.2, -0.15) is 0 Å². The molecule has 0 aromatic carbocycles. The minimum Gasteiger partial charge on any atom is -0.418 e. The molecule has 1 aromatic heterocycles. The van der Waals surface area contributed by atoms with E-state index in [0.717, 1.165) is 19.3 Å². The van der Waals surface area contributed by atoms with Crippen LogP contribution in [-0.2, 0) is 4.79 Å². The number of nitrogens with one attached hydrogen (secondary N) is 1. The summed E-state index contributed by atoms with van der Waals surface area (Å²) in [5.41, 5.74) is -1.62. The second-order valence-electron chi connectivity index (χ2n) is 7.84. The molecule has 0 atom stereocenters. The van der Waals surface area contributed by atoms with E-state index in [9.17, 15) is 19.7 Å². The van der Waals surface area contributed by atoms with Crippen molar-refractivity contribution >= 4 is 11.7 Å². The molecule has 4 aliphatic carbocycles. The topological polar surface area (TPSA) is 102 Å². The fourth-order valence-corrected chi connectivity index (χ4v) is 5.47. The first-order valence-corrected chi connectivity index (χ1v) is 8.47. The average Bonchev–Trinajstić information content (AvgIpc) is 2.44. The summed E-state index contributed by atoms with van der Waals surface area (Å²) in [5, 5.41) is 11.2. The molecule has 4 fully saturated rings. The third-order valence-corrected chi connectivity index (χ3v) is 5.96. The minimum atomic E-state index is -0.840. The number of rotatable bonds is 3. The summed E-state index contributed by atoms with van der Waals surface area (Å²) in [6.07, 6.45) is 6.01. The smallest absolute Gasteiger partial charge is 0.376 e. The van der Waals surface area contributed by atoms with E-state index in [0.29, 0.717) is 23.4 Å². The van der Waals surface area contributed by atoms with Gasteiger partial charge in [-0.25, -0.2) is 0 Å². The van der Waals surface area contributed by atoms with Crippen LogP contribution in [0.25, 0.3) is 0 Å². The Labute approximate surface area is 138 Å². The summed E-state index contributed by atoms with van der Waals surface area (Å²) in [6, 6.07) is 1.36. The summed E-state index contributed by atoms with van der Waals surface area (Å²) >= 11 is 0. The van der Waals surface area contributed by atoms with Gasteiger partial charge in [0.2, 0.25) is 5.75 Å². The van der Waals surface area contributed by atoms with Crippen molar-refractivity contribution in [2.24, 2.45) is 23.2 Å². The molecular formula is C17H20N2O5. The van der Waals surface area contributed by atoms with Crippen LogP contribution in [0.1, 0.15) is 44.2 Å². The Balaban J connectivity index is 1.66. The monoisotopic (exact) mass is 332 g/mol. The van der Waals surface area contributed by atoms with Crippen LogP contribution in [0, 0.1) is 40.2 Å². The van der Waals surface area contributed by atoms with Crippen molar-refractivity contribution in [1.29, 1.82) is 0 Å². The number of nitro groups is 1. The molecule has 5 rings (SSSR count). The Morgan fingerprint density at radius 1 is 1.25 bits per heavy atom. The number of H-pyrrole nitrogens is 1. The molecule has 1 heterocycles. The molecule has 0 amide bonds. The van der Waals surface area contributed by atoms with E-state index in [4.69, 9.17) is 4.74 Å². The quantitative estimate of drug-likeness (QED) is 0.521. The number of aryl methyl sites for hydroxylation is 1. The zero-order chi connectivity index (χ0) is 17.1. The van der Waals surface area contributed by atoms with E-state index in [-0.39, 0.29) is 5.75 Å². The summed E-state index contributed by atoms with van der Waals surface area (Å²) in [5.74, 6) is 1.08. The first kappa shape index (κ1) is 15.4. The molecule has 7 nitrogen and oxygen atoms in total. The maximum Gasteiger partial charge on any atom is 0.376 e. The average molecular weight is 332 g/mol. The molecule has 0 aliphatic heterocycles. The predicted molar refractivity (Wildman–Crippen MR) is 84.7 cm³/mol. The van der Waals surface area contributed by atoms with E-state index in [1.165, 1.54) is 25.3 Å². The number of pyridine rings is 1. The van der Waals surface area contributed by atoms with Gasteiger partial charge in [0.15, 0.2) is 0 Å². The number of aromatic nitrogens is 1. The fourth-order valence-electron chi connectivity index (χ4n) is 5.47. The first-order chi connectivity index (χ1) is 11.4. The highest BCUT2D eigenvalue weighted by Gasteiger charge is 2.55. The van der Waals surface area contributed by atoms with Gasteiger partial charge in [0.05, 0.1) is 10.3 Å². The van der Waals surface area contributed by atoms with Crippen molar-refractivity contribution in [3.8, 4) is 5.75 Å². The molecule has 0 unspecified atom stereocenters. The zero-order valence-electron chi connectivity index (χ0n) is 13.5. The van der Waals surface area contributed by atoms with Gasteiger partial charge in [0.25, 0.3) is 0 Å². The highest BCUT2D eigenvalue weighted by Crippen LogP contribution is 2.60. The van der Waals surface area contributed by atoms with Crippen molar-refractivity contribution in [3.63, 3.8) is 0 Å². The third kappa shape index (κ3) is 2.34. The van der Waals surface area contributed by atoms with Crippen LogP contribution in [0.3, 0.4) is 0 Å². The van der Waals surface area contributed by atoms with Gasteiger partial charge in [-0.05, 0) is 63.2 Å². The van der Waals surface area contributed by atoms with E-state index in [1.54, 1.807) is 6.92 Å². The van der Waals surface area contributed by atoms with Crippen LogP contribution in [-0.4, -0.2) is 15.9 Å². The van der Waals surface area contributed by atoms with E-state index < -0.39 is 27.6 Å². The maximum atomic E-state index is 12.9. The SMILES string of the molecule is Cc1cc(OC(=O)C23CC4CC(CC(C4)C2)C3)c([N+](=O)[O-])c(=O)[nH]1. The fraction of sp³-hybridized carbons (Fsp3) is 0.647. The predicted octanol–water partition coefficient (Wildman–Crippen LogP) is 2.71.